The van der Waals surface area contributed by atoms with E-state index in [0.717, 1.165) is 22.0 Å². The highest BCUT2D eigenvalue weighted by Gasteiger charge is 2.27. The van der Waals surface area contributed by atoms with E-state index >= 15 is 0 Å². The molecule has 0 amide bonds. The molecule has 2 nitrogen and oxygen atoms in total. The average Bonchev–Trinajstić information content (AvgIpc) is 2.97. The molecule has 1 fully saturated rings. The lowest BCUT2D eigenvalue weighted by molar-refractivity contribution is 0.517. The van der Waals surface area contributed by atoms with Crippen LogP contribution in [0.1, 0.15) is 44.3 Å². The predicted molar refractivity (Wildman–Crippen MR) is 72.8 cm³/mol. The normalized spacial score (nSPS) is 24.6. The minimum atomic E-state index is 0.518. The van der Waals surface area contributed by atoms with Gasteiger partial charge in [-0.2, -0.15) is 0 Å². The van der Waals surface area contributed by atoms with Crippen molar-refractivity contribution in [1.29, 1.82) is 0 Å². The maximum absolute atomic E-state index is 6.21. The van der Waals surface area contributed by atoms with Gasteiger partial charge in [0.15, 0.2) is 0 Å². The molecule has 2 aromatic rings. The molecule has 0 N–H and O–H groups in total. The average molecular weight is 267 g/mol. The van der Waals surface area contributed by atoms with Gasteiger partial charge in [0.1, 0.15) is 15.8 Å². The number of thiophene rings is 1. The molecule has 2 atom stereocenters. The molecular weight excluding hydrogens is 252 g/mol. The monoisotopic (exact) mass is 266 g/mol. The topological polar surface area (TPSA) is 25.8 Å². The van der Waals surface area contributed by atoms with Crippen LogP contribution in [0.2, 0.25) is 5.15 Å². The lowest BCUT2D eigenvalue weighted by Crippen LogP contribution is -2.01. The van der Waals surface area contributed by atoms with Gasteiger partial charge in [-0.25, -0.2) is 9.97 Å². The summed E-state index contributed by atoms with van der Waals surface area (Å²) in [5, 5.41) is 3.63. The quantitative estimate of drug-likeness (QED) is 0.740. The van der Waals surface area contributed by atoms with E-state index in [9.17, 15) is 0 Å². The fourth-order valence-corrected chi connectivity index (χ4v) is 3.76. The SMILES string of the molecule is CCC1CCC(c2nc(Cl)c3ccsc3n2)C1. The first-order valence-electron chi connectivity index (χ1n) is 6.18. The van der Waals surface area contributed by atoms with Gasteiger partial charge in [-0.3, -0.25) is 0 Å². The van der Waals surface area contributed by atoms with Crippen LogP contribution >= 0.6 is 22.9 Å². The Balaban J connectivity index is 1.95. The molecule has 0 spiro atoms. The number of halogens is 1. The van der Waals surface area contributed by atoms with Gasteiger partial charge >= 0.3 is 0 Å². The van der Waals surface area contributed by atoms with Gasteiger partial charge in [0.25, 0.3) is 0 Å². The molecule has 2 unspecified atom stereocenters. The lowest BCUT2D eigenvalue weighted by Gasteiger charge is -2.09. The Kier molecular flexibility index (Phi) is 3.05. The molecule has 0 bridgehead atoms. The maximum Gasteiger partial charge on any atom is 0.141 e. The van der Waals surface area contributed by atoms with Crippen LogP contribution in [0.15, 0.2) is 11.4 Å². The highest BCUT2D eigenvalue weighted by atomic mass is 35.5. The largest absolute Gasteiger partial charge is 0.222 e. The van der Waals surface area contributed by atoms with Crippen molar-refractivity contribution in [1.82, 2.24) is 9.97 Å². The summed E-state index contributed by atoms with van der Waals surface area (Å²) >= 11 is 7.85. The second-order valence-corrected chi connectivity index (χ2v) is 6.05. The van der Waals surface area contributed by atoms with Crippen LogP contribution in [-0.4, -0.2) is 9.97 Å². The predicted octanol–water partition coefficient (Wildman–Crippen LogP) is 4.64. The molecule has 0 aliphatic heterocycles. The zero-order valence-corrected chi connectivity index (χ0v) is 11.4. The fraction of sp³-hybridized carbons (Fsp3) is 0.538. The van der Waals surface area contributed by atoms with Crippen molar-refractivity contribution in [2.45, 2.75) is 38.5 Å². The molecule has 2 heterocycles. The van der Waals surface area contributed by atoms with Gasteiger partial charge in [0.05, 0.1) is 0 Å². The summed E-state index contributed by atoms with van der Waals surface area (Å²) in [5.74, 6) is 2.33. The molecule has 4 heteroatoms. The van der Waals surface area contributed by atoms with E-state index in [0.29, 0.717) is 11.1 Å². The number of nitrogens with zero attached hydrogens (tertiary/aromatic N) is 2. The summed E-state index contributed by atoms with van der Waals surface area (Å²) in [4.78, 5) is 10.2. The second kappa shape index (κ2) is 4.54. The van der Waals surface area contributed by atoms with Gasteiger partial charge < -0.3 is 0 Å². The second-order valence-electron chi connectivity index (χ2n) is 4.80. The Morgan fingerprint density at radius 2 is 2.29 bits per heavy atom. The number of rotatable bonds is 2. The third-order valence-electron chi connectivity index (χ3n) is 3.78. The molecule has 0 radical (unpaired) electrons. The van der Waals surface area contributed by atoms with Crippen LogP contribution in [-0.2, 0) is 0 Å². The minimum Gasteiger partial charge on any atom is -0.222 e. The van der Waals surface area contributed by atoms with Crippen molar-refractivity contribution in [3.63, 3.8) is 0 Å². The Labute approximate surface area is 110 Å². The fourth-order valence-electron chi connectivity index (χ4n) is 2.70. The van der Waals surface area contributed by atoms with E-state index in [-0.39, 0.29) is 0 Å². The molecule has 0 saturated heterocycles. The maximum atomic E-state index is 6.21. The third kappa shape index (κ3) is 2.06. The summed E-state index contributed by atoms with van der Waals surface area (Å²) in [7, 11) is 0. The summed E-state index contributed by atoms with van der Waals surface area (Å²) in [5.41, 5.74) is 0. The van der Waals surface area contributed by atoms with Crippen molar-refractivity contribution >= 4 is 33.2 Å². The van der Waals surface area contributed by atoms with Crippen LogP contribution < -0.4 is 0 Å². The molecule has 0 aromatic carbocycles. The molecule has 1 saturated carbocycles. The van der Waals surface area contributed by atoms with Crippen molar-refractivity contribution in [2.75, 3.05) is 0 Å². The van der Waals surface area contributed by atoms with Gasteiger partial charge in [0, 0.05) is 11.3 Å². The first kappa shape index (κ1) is 11.4. The summed E-state index contributed by atoms with van der Waals surface area (Å²) in [6.07, 6.45) is 5.02. The van der Waals surface area contributed by atoms with E-state index in [1.807, 2.05) is 11.4 Å². The van der Waals surface area contributed by atoms with Crippen molar-refractivity contribution in [3.05, 3.63) is 22.4 Å². The Morgan fingerprint density at radius 3 is 3.06 bits per heavy atom. The highest BCUT2D eigenvalue weighted by Crippen LogP contribution is 2.39. The molecule has 17 heavy (non-hydrogen) atoms. The van der Waals surface area contributed by atoms with Crippen LogP contribution in [0.4, 0.5) is 0 Å². The van der Waals surface area contributed by atoms with Gasteiger partial charge in [0.2, 0.25) is 0 Å². The van der Waals surface area contributed by atoms with E-state index in [2.05, 4.69) is 16.9 Å². The van der Waals surface area contributed by atoms with Crippen molar-refractivity contribution in [3.8, 4) is 0 Å². The molecule has 3 rings (SSSR count). The van der Waals surface area contributed by atoms with Crippen LogP contribution in [0.5, 0.6) is 0 Å². The summed E-state index contributed by atoms with van der Waals surface area (Å²) in [6.45, 7) is 2.27. The smallest absolute Gasteiger partial charge is 0.141 e. The van der Waals surface area contributed by atoms with Crippen molar-refractivity contribution < 1.29 is 0 Å². The Bertz CT molecular complexity index is 537. The van der Waals surface area contributed by atoms with E-state index in [1.165, 1.54) is 25.7 Å². The van der Waals surface area contributed by atoms with Crippen LogP contribution in [0.3, 0.4) is 0 Å². The van der Waals surface area contributed by atoms with E-state index in [1.54, 1.807) is 11.3 Å². The molecule has 1 aliphatic carbocycles. The zero-order valence-electron chi connectivity index (χ0n) is 9.82. The van der Waals surface area contributed by atoms with Gasteiger partial charge in [-0.1, -0.05) is 24.9 Å². The van der Waals surface area contributed by atoms with E-state index in [4.69, 9.17) is 11.6 Å². The summed E-state index contributed by atoms with van der Waals surface area (Å²) in [6, 6.07) is 2.00. The van der Waals surface area contributed by atoms with Gasteiger partial charge in [-0.15, -0.1) is 11.3 Å². The standard InChI is InChI=1S/C13H15ClN2S/c1-2-8-3-4-9(7-8)12-15-11(14)10-5-6-17-13(10)16-12/h5-6,8-9H,2-4,7H2,1H3. The molecule has 1 aliphatic rings. The number of fused-ring (bicyclic) bond motifs is 1. The Hall–Kier alpha value is -0.670. The van der Waals surface area contributed by atoms with Crippen LogP contribution in [0.25, 0.3) is 10.2 Å². The van der Waals surface area contributed by atoms with E-state index < -0.39 is 0 Å². The molecule has 2 aromatic heterocycles. The zero-order chi connectivity index (χ0) is 11.8. The first-order chi connectivity index (χ1) is 8.28. The lowest BCUT2D eigenvalue weighted by atomic mass is 10.0. The summed E-state index contributed by atoms with van der Waals surface area (Å²) < 4.78 is 0. The number of hydrogen-bond acceptors (Lipinski definition) is 3. The molecular formula is C13H15ClN2S. The van der Waals surface area contributed by atoms with Gasteiger partial charge in [-0.05, 0) is 36.6 Å². The number of aromatic nitrogens is 2. The third-order valence-corrected chi connectivity index (χ3v) is 4.87. The minimum absolute atomic E-state index is 0.518. The highest BCUT2D eigenvalue weighted by molar-refractivity contribution is 7.16. The first-order valence-corrected chi connectivity index (χ1v) is 7.44. The Morgan fingerprint density at radius 1 is 1.41 bits per heavy atom. The molecule has 90 valence electrons. The van der Waals surface area contributed by atoms with Crippen LogP contribution in [0, 0.1) is 5.92 Å². The number of hydrogen-bond donors (Lipinski definition) is 0. The van der Waals surface area contributed by atoms with Crippen molar-refractivity contribution in [2.24, 2.45) is 5.92 Å².